The number of thioether (sulfide) groups is 1. The molecule has 2 heterocycles. The van der Waals surface area contributed by atoms with Gasteiger partial charge in [0.2, 0.25) is 0 Å². The molecule has 0 unspecified atom stereocenters. The fourth-order valence-electron chi connectivity index (χ4n) is 3.02. The van der Waals surface area contributed by atoms with Crippen molar-refractivity contribution >= 4 is 86.7 Å². The van der Waals surface area contributed by atoms with Crippen LogP contribution < -0.4 is 4.90 Å². The molecule has 10 heteroatoms. The molecule has 1 aromatic heterocycles. The predicted molar refractivity (Wildman–Crippen MR) is 133 cm³/mol. The first kappa shape index (κ1) is 22.9. The topological polar surface area (TPSA) is 59.8 Å². The van der Waals surface area contributed by atoms with Crippen molar-refractivity contribution in [3.63, 3.8) is 0 Å². The van der Waals surface area contributed by atoms with Crippen LogP contribution in [-0.4, -0.2) is 23.3 Å². The summed E-state index contributed by atoms with van der Waals surface area (Å²) in [7, 11) is 1.25. The van der Waals surface area contributed by atoms with Gasteiger partial charge in [-0.25, -0.2) is 4.79 Å². The van der Waals surface area contributed by atoms with E-state index < -0.39 is 5.97 Å². The highest BCUT2D eigenvalue weighted by atomic mass is 35.5. The molecular weight excluding hydrogens is 513 g/mol. The maximum absolute atomic E-state index is 13.0. The van der Waals surface area contributed by atoms with Crippen molar-refractivity contribution in [2.24, 2.45) is 0 Å². The largest absolute Gasteiger partial charge is 0.465 e. The maximum Gasteiger partial charge on any atom is 0.339 e. The van der Waals surface area contributed by atoms with Crippen molar-refractivity contribution in [2.75, 3.05) is 12.0 Å². The van der Waals surface area contributed by atoms with Gasteiger partial charge >= 0.3 is 5.97 Å². The Hall–Kier alpha value is -2.29. The van der Waals surface area contributed by atoms with Crippen molar-refractivity contribution < 1.29 is 18.7 Å². The lowest BCUT2D eigenvalue weighted by molar-refractivity contribution is -0.113. The Balaban J connectivity index is 1.62. The molecule has 0 radical (unpaired) electrons. The number of anilines is 1. The van der Waals surface area contributed by atoms with Crippen molar-refractivity contribution in [3.8, 4) is 11.3 Å². The van der Waals surface area contributed by atoms with Gasteiger partial charge in [0.1, 0.15) is 11.5 Å². The molecule has 2 aromatic carbocycles. The van der Waals surface area contributed by atoms with Crippen molar-refractivity contribution in [1.29, 1.82) is 0 Å². The fourth-order valence-corrected chi connectivity index (χ4v) is 5.02. The van der Waals surface area contributed by atoms with E-state index in [1.54, 1.807) is 42.5 Å². The Morgan fingerprint density at radius 3 is 2.50 bits per heavy atom. The Bertz CT molecular complexity index is 1280. The van der Waals surface area contributed by atoms with E-state index in [2.05, 4.69) is 0 Å². The smallest absolute Gasteiger partial charge is 0.339 e. The third kappa shape index (κ3) is 4.58. The van der Waals surface area contributed by atoms with Crippen LogP contribution in [-0.2, 0) is 9.53 Å². The van der Waals surface area contributed by atoms with Crippen molar-refractivity contribution in [3.05, 3.63) is 79.8 Å². The first-order valence-corrected chi connectivity index (χ1v) is 11.3. The Morgan fingerprint density at radius 2 is 1.81 bits per heavy atom. The molecule has 3 aromatic rings. The third-order valence-corrected chi connectivity index (χ3v) is 6.52. The molecule has 1 aliphatic rings. The van der Waals surface area contributed by atoms with Gasteiger partial charge in [-0.1, -0.05) is 58.8 Å². The number of thiocarbonyl (C=S) groups is 1. The summed E-state index contributed by atoms with van der Waals surface area (Å²) in [6.07, 6.45) is 1.60. The molecule has 0 aliphatic carbocycles. The summed E-state index contributed by atoms with van der Waals surface area (Å²) >= 11 is 24.7. The SMILES string of the molecule is COC(=O)c1cc(N2C(=O)C(=Cc3ccc(-c4cc(Cl)cc(Cl)c4)o3)SC2=S)ccc1Cl. The standard InChI is InChI=1S/C22H12Cl3NO4S2/c1-29-21(28)16-9-14(2-4-17(16)25)26-20(27)19(32-22(26)31)10-15-3-5-18(30-15)11-6-12(23)8-13(24)7-11/h2-10H,1H3. The predicted octanol–water partition coefficient (Wildman–Crippen LogP) is 7.10. The number of hydrogen-bond donors (Lipinski definition) is 0. The molecule has 162 valence electrons. The van der Waals surface area contributed by atoms with Crippen LogP contribution in [0.1, 0.15) is 16.1 Å². The van der Waals surface area contributed by atoms with E-state index >= 15 is 0 Å². The number of carbonyl (C=O) groups is 2. The first-order chi connectivity index (χ1) is 15.3. The number of rotatable bonds is 4. The molecule has 1 amide bonds. The quantitative estimate of drug-likeness (QED) is 0.206. The number of ether oxygens (including phenoxy) is 1. The van der Waals surface area contributed by atoms with Crippen LogP contribution >= 0.6 is 58.8 Å². The number of nitrogens with zero attached hydrogens (tertiary/aromatic N) is 1. The van der Waals surface area contributed by atoms with Crippen LogP contribution in [0.5, 0.6) is 0 Å². The van der Waals surface area contributed by atoms with E-state index in [4.69, 9.17) is 56.2 Å². The highest BCUT2D eigenvalue weighted by Crippen LogP contribution is 2.38. The van der Waals surface area contributed by atoms with Crippen LogP contribution in [0.4, 0.5) is 5.69 Å². The highest BCUT2D eigenvalue weighted by molar-refractivity contribution is 8.27. The summed E-state index contributed by atoms with van der Waals surface area (Å²) in [6, 6.07) is 13.2. The first-order valence-electron chi connectivity index (χ1n) is 8.99. The summed E-state index contributed by atoms with van der Waals surface area (Å²) in [5.74, 6) is 0.0588. The van der Waals surface area contributed by atoms with Crippen LogP contribution in [0.15, 0.2) is 57.9 Å². The number of halogens is 3. The van der Waals surface area contributed by atoms with Gasteiger partial charge in [-0.15, -0.1) is 0 Å². The zero-order valence-electron chi connectivity index (χ0n) is 16.2. The number of esters is 1. The minimum absolute atomic E-state index is 0.139. The van der Waals surface area contributed by atoms with Gasteiger partial charge in [-0.2, -0.15) is 0 Å². The molecule has 0 atom stereocenters. The second-order valence-electron chi connectivity index (χ2n) is 6.53. The minimum Gasteiger partial charge on any atom is -0.465 e. The number of carbonyl (C=O) groups excluding carboxylic acids is 2. The molecule has 5 nitrogen and oxygen atoms in total. The van der Waals surface area contributed by atoms with E-state index in [-0.39, 0.29) is 16.5 Å². The van der Waals surface area contributed by atoms with Gasteiger partial charge in [0.15, 0.2) is 4.32 Å². The van der Waals surface area contributed by atoms with E-state index in [1.807, 2.05) is 0 Å². The van der Waals surface area contributed by atoms with Crippen molar-refractivity contribution in [2.45, 2.75) is 0 Å². The summed E-state index contributed by atoms with van der Waals surface area (Å²) in [5, 5.41) is 1.19. The van der Waals surface area contributed by atoms with Gasteiger partial charge in [-0.05, 0) is 48.5 Å². The lowest BCUT2D eigenvalue weighted by Crippen LogP contribution is -2.27. The zero-order valence-corrected chi connectivity index (χ0v) is 20.1. The van der Waals surface area contributed by atoms with Gasteiger partial charge < -0.3 is 9.15 Å². The van der Waals surface area contributed by atoms with Gasteiger partial charge in [0.05, 0.1) is 28.3 Å². The van der Waals surface area contributed by atoms with Gasteiger partial charge in [-0.3, -0.25) is 9.69 Å². The lowest BCUT2D eigenvalue weighted by atomic mass is 10.2. The monoisotopic (exact) mass is 523 g/mol. The second kappa shape index (κ2) is 9.29. The lowest BCUT2D eigenvalue weighted by Gasteiger charge is -2.15. The summed E-state index contributed by atoms with van der Waals surface area (Å²) < 4.78 is 10.9. The summed E-state index contributed by atoms with van der Waals surface area (Å²) in [5.41, 5.74) is 1.26. The van der Waals surface area contributed by atoms with Crippen LogP contribution in [0.25, 0.3) is 17.4 Å². The highest BCUT2D eigenvalue weighted by Gasteiger charge is 2.34. The molecule has 4 rings (SSSR count). The van der Waals surface area contributed by atoms with Crippen LogP contribution in [0.3, 0.4) is 0 Å². The van der Waals surface area contributed by atoms with E-state index in [9.17, 15) is 9.59 Å². The zero-order chi connectivity index (χ0) is 23.0. The molecule has 0 N–H and O–H groups in total. The number of amides is 1. The fraction of sp³-hybridized carbons (Fsp3) is 0.0455. The second-order valence-corrected chi connectivity index (χ2v) is 9.49. The maximum atomic E-state index is 13.0. The Labute approximate surface area is 207 Å². The average molecular weight is 525 g/mol. The van der Waals surface area contributed by atoms with Crippen molar-refractivity contribution in [1.82, 2.24) is 0 Å². The van der Waals surface area contributed by atoms with Crippen LogP contribution in [0, 0.1) is 0 Å². The molecule has 1 aliphatic heterocycles. The number of hydrogen-bond acceptors (Lipinski definition) is 6. The van der Waals surface area contributed by atoms with Crippen LogP contribution in [0.2, 0.25) is 15.1 Å². The minimum atomic E-state index is -0.609. The molecule has 1 saturated heterocycles. The summed E-state index contributed by atoms with van der Waals surface area (Å²) in [6.45, 7) is 0. The Kier molecular flexibility index (Phi) is 6.65. The number of methoxy groups -OCH3 is 1. The molecule has 32 heavy (non-hydrogen) atoms. The molecular formula is C22H12Cl3NO4S2. The van der Waals surface area contributed by atoms with E-state index in [1.165, 1.54) is 24.1 Å². The Morgan fingerprint density at radius 1 is 1.09 bits per heavy atom. The number of furan rings is 1. The van der Waals surface area contributed by atoms with E-state index in [0.29, 0.717) is 42.0 Å². The molecule has 1 fully saturated rings. The van der Waals surface area contributed by atoms with E-state index in [0.717, 1.165) is 11.8 Å². The molecule has 0 saturated carbocycles. The third-order valence-electron chi connectivity index (χ3n) is 4.45. The molecule has 0 bridgehead atoms. The molecule has 0 spiro atoms. The van der Waals surface area contributed by atoms with Gasteiger partial charge in [0, 0.05) is 21.7 Å². The summed E-state index contributed by atoms with van der Waals surface area (Å²) in [4.78, 5) is 26.7. The van der Waals surface area contributed by atoms with Gasteiger partial charge in [0.25, 0.3) is 5.91 Å². The average Bonchev–Trinajstić information content (AvgIpc) is 3.32. The number of benzene rings is 2. The normalized spacial score (nSPS) is 15.0.